The van der Waals surface area contributed by atoms with E-state index in [9.17, 15) is 4.79 Å². The summed E-state index contributed by atoms with van der Waals surface area (Å²) in [7, 11) is 4.50. The molecule has 1 aliphatic rings. The molecule has 0 saturated carbocycles. The van der Waals surface area contributed by atoms with Gasteiger partial charge in [-0.05, 0) is 28.1 Å². The second-order valence-corrected chi connectivity index (χ2v) is 6.20. The predicted octanol–water partition coefficient (Wildman–Crippen LogP) is 3.50. The number of amides is 1. The van der Waals surface area contributed by atoms with Crippen LogP contribution in [0.5, 0.6) is 28.7 Å². The summed E-state index contributed by atoms with van der Waals surface area (Å²) in [6.07, 6.45) is 0. The fraction of sp³-hybridized carbons (Fsp3) is 0.278. The van der Waals surface area contributed by atoms with Gasteiger partial charge in [-0.1, -0.05) is 0 Å². The summed E-state index contributed by atoms with van der Waals surface area (Å²) in [6, 6.07) is 6.65. The summed E-state index contributed by atoms with van der Waals surface area (Å²) in [5, 5.41) is 2.84. The van der Waals surface area contributed by atoms with Crippen LogP contribution in [0.1, 0.15) is 10.4 Å². The van der Waals surface area contributed by atoms with Crippen molar-refractivity contribution < 1.29 is 28.5 Å². The molecule has 2 aromatic rings. The minimum atomic E-state index is -0.332. The van der Waals surface area contributed by atoms with E-state index in [4.69, 9.17) is 23.7 Å². The largest absolute Gasteiger partial charge is 0.493 e. The van der Waals surface area contributed by atoms with Crippen LogP contribution in [-0.2, 0) is 0 Å². The number of anilines is 1. The average Bonchev–Trinajstić information content (AvgIpc) is 2.67. The second-order valence-electron chi connectivity index (χ2n) is 5.34. The first kappa shape index (κ1) is 18.2. The molecule has 0 fully saturated rings. The number of methoxy groups -OCH3 is 3. The van der Waals surface area contributed by atoms with Crippen molar-refractivity contribution in [2.24, 2.45) is 0 Å². The molecule has 1 N–H and O–H groups in total. The molecule has 2 aromatic carbocycles. The molecule has 1 heterocycles. The van der Waals surface area contributed by atoms with Gasteiger partial charge in [0.1, 0.15) is 13.2 Å². The van der Waals surface area contributed by atoms with Gasteiger partial charge in [-0.15, -0.1) is 0 Å². The van der Waals surface area contributed by atoms with Crippen LogP contribution >= 0.6 is 15.9 Å². The number of fused-ring (bicyclic) bond motifs is 1. The molecule has 7 nitrogen and oxygen atoms in total. The molecule has 0 aliphatic carbocycles. The SMILES string of the molecule is COc1cc(C(=O)Nc2cc3c(cc2Br)OCCO3)cc(OC)c1OC. The highest BCUT2D eigenvalue weighted by Crippen LogP contribution is 2.40. The normalized spacial score (nSPS) is 12.3. The van der Waals surface area contributed by atoms with E-state index in [1.54, 1.807) is 24.3 Å². The highest BCUT2D eigenvalue weighted by atomic mass is 79.9. The highest BCUT2D eigenvalue weighted by molar-refractivity contribution is 9.10. The Bertz CT molecular complexity index is 814. The van der Waals surface area contributed by atoms with Crippen molar-refractivity contribution in [3.63, 3.8) is 0 Å². The van der Waals surface area contributed by atoms with Crippen LogP contribution in [0.2, 0.25) is 0 Å². The number of hydrogen-bond donors (Lipinski definition) is 1. The zero-order valence-electron chi connectivity index (χ0n) is 14.6. The van der Waals surface area contributed by atoms with Crippen molar-refractivity contribution in [3.8, 4) is 28.7 Å². The number of carbonyl (C=O) groups excluding carboxylic acids is 1. The third-order valence-corrected chi connectivity index (χ3v) is 4.46. The number of nitrogens with one attached hydrogen (secondary N) is 1. The molecular formula is C18H18BrNO6. The van der Waals surface area contributed by atoms with E-state index in [2.05, 4.69) is 21.2 Å². The van der Waals surface area contributed by atoms with Gasteiger partial charge in [0.05, 0.1) is 27.0 Å². The summed E-state index contributed by atoms with van der Waals surface area (Å²) < 4.78 is 27.6. The smallest absolute Gasteiger partial charge is 0.255 e. The van der Waals surface area contributed by atoms with E-state index in [0.29, 0.717) is 57.7 Å². The molecular weight excluding hydrogens is 406 g/mol. The Labute approximate surface area is 159 Å². The van der Waals surface area contributed by atoms with Gasteiger partial charge in [0.15, 0.2) is 23.0 Å². The monoisotopic (exact) mass is 423 g/mol. The maximum Gasteiger partial charge on any atom is 0.255 e. The first-order chi connectivity index (χ1) is 12.6. The van der Waals surface area contributed by atoms with E-state index >= 15 is 0 Å². The van der Waals surface area contributed by atoms with Crippen LogP contribution in [0, 0.1) is 0 Å². The molecule has 1 amide bonds. The van der Waals surface area contributed by atoms with Gasteiger partial charge in [-0.2, -0.15) is 0 Å². The predicted molar refractivity (Wildman–Crippen MR) is 99.2 cm³/mol. The van der Waals surface area contributed by atoms with Crippen molar-refractivity contribution in [2.45, 2.75) is 0 Å². The third kappa shape index (κ3) is 3.50. The fourth-order valence-electron chi connectivity index (χ4n) is 2.57. The number of halogens is 1. The standard InChI is InChI=1S/C18H18BrNO6/c1-22-15-6-10(7-16(23-2)17(15)24-3)18(21)20-12-9-14-13(8-11(12)19)25-4-5-26-14/h6-9H,4-5H2,1-3H3,(H,20,21). The molecule has 0 bridgehead atoms. The molecule has 0 saturated heterocycles. The molecule has 3 rings (SSSR count). The lowest BCUT2D eigenvalue weighted by molar-refractivity contribution is 0.102. The van der Waals surface area contributed by atoms with Crippen LogP contribution in [0.15, 0.2) is 28.7 Å². The Morgan fingerprint density at radius 1 is 0.962 bits per heavy atom. The van der Waals surface area contributed by atoms with Crippen LogP contribution in [0.4, 0.5) is 5.69 Å². The Hall–Kier alpha value is -2.61. The molecule has 1 aliphatic heterocycles. The number of ether oxygens (including phenoxy) is 5. The lowest BCUT2D eigenvalue weighted by atomic mass is 10.1. The Balaban J connectivity index is 1.91. The lowest BCUT2D eigenvalue weighted by Gasteiger charge is -2.20. The Morgan fingerprint density at radius 2 is 1.54 bits per heavy atom. The molecule has 0 spiro atoms. The van der Waals surface area contributed by atoms with Crippen molar-refractivity contribution in [1.29, 1.82) is 0 Å². The molecule has 0 radical (unpaired) electrons. The maximum atomic E-state index is 12.7. The van der Waals surface area contributed by atoms with E-state index in [0.717, 1.165) is 0 Å². The molecule has 26 heavy (non-hydrogen) atoms. The number of hydrogen-bond acceptors (Lipinski definition) is 6. The van der Waals surface area contributed by atoms with Gasteiger partial charge in [0, 0.05) is 22.2 Å². The first-order valence-electron chi connectivity index (χ1n) is 7.78. The van der Waals surface area contributed by atoms with E-state index in [1.165, 1.54) is 21.3 Å². The Kier molecular flexibility index (Phi) is 5.41. The van der Waals surface area contributed by atoms with Gasteiger partial charge < -0.3 is 29.0 Å². The zero-order valence-corrected chi connectivity index (χ0v) is 16.1. The van der Waals surface area contributed by atoms with E-state index < -0.39 is 0 Å². The van der Waals surface area contributed by atoms with Gasteiger partial charge in [-0.25, -0.2) is 0 Å². The van der Waals surface area contributed by atoms with Gasteiger partial charge in [0.2, 0.25) is 5.75 Å². The van der Waals surface area contributed by atoms with Crippen molar-refractivity contribution in [1.82, 2.24) is 0 Å². The van der Waals surface area contributed by atoms with E-state index in [-0.39, 0.29) is 5.91 Å². The van der Waals surface area contributed by atoms with Crippen molar-refractivity contribution in [2.75, 3.05) is 39.9 Å². The number of benzene rings is 2. The van der Waals surface area contributed by atoms with Crippen LogP contribution in [0.3, 0.4) is 0 Å². The number of carbonyl (C=O) groups is 1. The van der Waals surface area contributed by atoms with Crippen molar-refractivity contribution in [3.05, 3.63) is 34.3 Å². The van der Waals surface area contributed by atoms with Gasteiger partial charge >= 0.3 is 0 Å². The van der Waals surface area contributed by atoms with Crippen LogP contribution in [0.25, 0.3) is 0 Å². The third-order valence-electron chi connectivity index (χ3n) is 3.81. The highest BCUT2D eigenvalue weighted by Gasteiger charge is 2.20. The van der Waals surface area contributed by atoms with Crippen molar-refractivity contribution >= 4 is 27.5 Å². The molecule has 0 aromatic heterocycles. The topological polar surface area (TPSA) is 75.3 Å². The Morgan fingerprint density at radius 3 is 2.08 bits per heavy atom. The lowest BCUT2D eigenvalue weighted by Crippen LogP contribution is -2.17. The maximum absolute atomic E-state index is 12.7. The van der Waals surface area contributed by atoms with Crippen LogP contribution < -0.4 is 29.0 Å². The molecule has 0 atom stereocenters. The zero-order chi connectivity index (χ0) is 18.7. The minimum Gasteiger partial charge on any atom is -0.493 e. The average molecular weight is 424 g/mol. The summed E-state index contributed by atoms with van der Waals surface area (Å²) in [5.74, 6) is 2.11. The van der Waals surface area contributed by atoms with Gasteiger partial charge in [0.25, 0.3) is 5.91 Å². The first-order valence-corrected chi connectivity index (χ1v) is 8.57. The molecule has 0 unspecified atom stereocenters. The molecule has 8 heteroatoms. The van der Waals surface area contributed by atoms with Crippen LogP contribution in [-0.4, -0.2) is 40.5 Å². The van der Waals surface area contributed by atoms with Gasteiger partial charge in [-0.3, -0.25) is 4.79 Å². The summed E-state index contributed by atoms with van der Waals surface area (Å²) >= 11 is 3.44. The molecule has 138 valence electrons. The van der Waals surface area contributed by atoms with E-state index in [1.807, 2.05) is 0 Å². The second kappa shape index (κ2) is 7.74. The number of rotatable bonds is 5. The summed E-state index contributed by atoms with van der Waals surface area (Å²) in [5.41, 5.74) is 0.925. The minimum absolute atomic E-state index is 0.332. The fourth-order valence-corrected chi connectivity index (χ4v) is 2.99. The summed E-state index contributed by atoms with van der Waals surface area (Å²) in [4.78, 5) is 12.7. The quantitative estimate of drug-likeness (QED) is 0.792. The summed E-state index contributed by atoms with van der Waals surface area (Å²) in [6.45, 7) is 0.964.